The third-order valence-electron chi connectivity index (χ3n) is 3.00. The summed E-state index contributed by atoms with van der Waals surface area (Å²) in [6, 6.07) is -1.16. The van der Waals surface area contributed by atoms with Gasteiger partial charge in [-0.15, -0.1) is 0 Å². The number of carbonyl (C=O) groups is 2. The van der Waals surface area contributed by atoms with Crippen LogP contribution in [0.25, 0.3) is 0 Å². The highest BCUT2D eigenvalue weighted by atomic mass is 16.5. The van der Waals surface area contributed by atoms with Crippen molar-refractivity contribution in [2.75, 3.05) is 6.61 Å². The Balaban J connectivity index is 2.37. The van der Waals surface area contributed by atoms with E-state index in [9.17, 15) is 9.59 Å². The molecule has 6 nitrogen and oxygen atoms in total. The molecule has 0 saturated carbocycles. The minimum absolute atomic E-state index is 0.0600. The largest absolute Gasteiger partial charge is 0.480 e. The van der Waals surface area contributed by atoms with Gasteiger partial charge in [0.2, 0.25) is 0 Å². The van der Waals surface area contributed by atoms with Crippen molar-refractivity contribution < 1.29 is 19.4 Å². The minimum Gasteiger partial charge on any atom is -0.480 e. The zero-order valence-corrected chi connectivity index (χ0v) is 10.9. The maximum absolute atomic E-state index is 11.7. The minimum atomic E-state index is -0.993. The van der Waals surface area contributed by atoms with Crippen molar-refractivity contribution in [1.82, 2.24) is 10.6 Å². The van der Waals surface area contributed by atoms with Gasteiger partial charge in [-0.1, -0.05) is 13.3 Å². The first kappa shape index (κ1) is 14.8. The van der Waals surface area contributed by atoms with Gasteiger partial charge in [-0.25, -0.2) is 9.59 Å². The lowest BCUT2D eigenvalue weighted by Gasteiger charge is -2.28. The van der Waals surface area contributed by atoms with Crippen LogP contribution in [0.1, 0.15) is 39.5 Å². The summed E-state index contributed by atoms with van der Waals surface area (Å²) in [4.78, 5) is 22.6. The molecule has 2 unspecified atom stereocenters. The number of carboxylic acid groups (broad SMARTS) is 1. The first-order valence-corrected chi connectivity index (χ1v) is 6.44. The molecule has 1 heterocycles. The summed E-state index contributed by atoms with van der Waals surface area (Å²) < 4.78 is 5.38. The zero-order valence-electron chi connectivity index (χ0n) is 10.9. The van der Waals surface area contributed by atoms with Crippen LogP contribution in [0.15, 0.2) is 0 Å². The molecule has 1 aliphatic heterocycles. The SMILES string of the molecule is CCC[C@H](NC(=O)NC1CCOC(C)C1)C(=O)O. The Hall–Kier alpha value is -1.30. The maximum Gasteiger partial charge on any atom is 0.326 e. The molecule has 1 saturated heterocycles. The van der Waals surface area contributed by atoms with Crippen molar-refractivity contribution in [1.29, 1.82) is 0 Å². The Kier molecular flexibility index (Phi) is 5.91. The average molecular weight is 258 g/mol. The van der Waals surface area contributed by atoms with Crippen molar-refractivity contribution in [3.05, 3.63) is 0 Å². The average Bonchev–Trinajstić information content (AvgIpc) is 2.28. The zero-order chi connectivity index (χ0) is 13.5. The van der Waals surface area contributed by atoms with Crippen LogP contribution in [-0.2, 0) is 9.53 Å². The first-order chi connectivity index (χ1) is 8.52. The molecule has 1 fully saturated rings. The summed E-state index contributed by atoms with van der Waals surface area (Å²) >= 11 is 0. The first-order valence-electron chi connectivity index (χ1n) is 6.44. The highest BCUT2D eigenvalue weighted by Crippen LogP contribution is 2.12. The smallest absolute Gasteiger partial charge is 0.326 e. The fourth-order valence-corrected chi connectivity index (χ4v) is 2.06. The highest BCUT2D eigenvalue weighted by molar-refractivity contribution is 5.82. The van der Waals surface area contributed by atoms with E-state index in [1.807, 2.05) is 13.8 Å². The van der Waals surface area contributed by atoms with Gasteiger partial charge in [-0.05, 0) is 26.2 Å². The molecule has 0 spiro atoms. The van der Waals surface area contributed by atoms with Gasteiger partial charge in [-0.2, -0.15) is 0 Å². The van der Waals surface area contributed by atoms with Crippen LogP contribution in [0.5, 0.6) is 0 Å². The van der Waals surface area contributed by atoms with Gasteiger partial charge in [0.25, 0.3) is 0 Å². The lowest BCUT2D eigenvalue weighted by atomic mass is 10.0. The van der Waals surface area contributed by atoms with Crippen LogP contribution in [0, 0.1) is 0 Å². The lowest BCUT2D eigenvalue weighted by Crippen LogP contribution is -2.50. The molecule has 18 heavy (non-hydrogen) atoms. The van der Waals surface area contributed by atoms with E-state index >= 15 is 0 Å². The van der Waals surface area contributed by atoms with Crippen LogP contribution in [0.4, 0.5) is 4.79 Å². The summed E-state index contributed by atoms with van der Waals surface area (Å²) in [6.45, 7) is 4.47. The van der Waals surface area contributed by atoms with E-state index < -0.39 is 18.0 Å². The van der Waals surface area contributed by atoms with Crippen molar-refractivity contribution in [3.63, 3.8) is 0 Å². The molecule has 0 aromatic carbocycles. The Morgan fingerprint density at radius 2 is 2.22 bits per heavy atom. The number of urea groups is 1. The van der Waals surface area contributed by atoms with Crippen LogP contribution in [-0.4, -0.2) is 41.9 Å². The topological polar surface area (TPSA) is 87.7 Å². The lowest BCUT2D eigenvalue weighted by molar-refractivity contribution is -0.139. The third kappa shape index (κ3) is 4.91. The van der Waals surface area contributed by atoms with Gasteiger partial charge in [-0.3, -0.25) is 0 Å². The Labute approximate surface area is 107 Å². The molecule has 2 amide bonds. The van der Waals surface area contributed by atoms with Gasteiger partial charge < -0.3 is 20.5 Å². The number of amides is 2. The monoisotopic (exact) mass is 258 g/mol. The van der Waals surface area contributed by atoms with Gasteiger partial charge in [0.1, 0.15) is 6.04 Å². The fourth-order valence-electron chi connectivity index (χ4n) is 2.06. The van der Waals surface area contributed by atoms with Gasteiger partial charge >= 0.3 is 12.0 Å². The quantitative estimate of drug-likeness (QED) is 0.689. The van der Waals surface area contributed by atoms with E-state index in [2.05, 4.69) is 10.6 Å². The normalized spacial score (nSPS) is 25.2. The standard InChI is InChI=1S/C12H22N2O4/c1-3-4-10(11(15)16)14-12(17)13-9-5-6-18-8(2)7-9/h8-10H,3-7H2,1-2H3,(H,15,16)(H2,13,14,17)/t8?,9?,10-/m0/s1. The van der Waals surface area contributed by atoms with Crippen LogP contribution >= 0.6 is 0 Å². The number of rotatable bonds is 5. The third-order valence-corrected chi connectivity index (χ3v) is 3.00. The molecule has 0 bridgehead atoms. The van der Waals surface area contributed by atoms with Crippen molar-refractivity contribution in [3.8, 4) is 0 Å². The second-order valence-electron chi connectivity index (χ2n) is 4.70. The van der Waals surface area contributed by atoms with E-state index in [0.29, 0.717) is 19.4 Å². The number of nitrogens with one attached hydrogen (secondary N) is 2. The number of hydrogen-bond acceptors (Lipinski definition) is 3. The number of hydrogen-bond donors (Lipinski definition) is 3. The summed E-state index contributed by atoms with van der Waals surface area (Å²) in [5.41, 5.74) is 0. The van der Waals surface area contributed by atoms with Crippen molar-refractivity contribution in [2.24, 2.45) is 0 Å². The van der Waals surface area contributed by atoms with Crippen LogP contribution in [0.3, 0.4) is 0 Å². The molecule has 0 radical (unpaired) electrons. The molecule has 3 atom stereocenters. The van der Waals surface area contributed by atoms with Crippen LogP contribution in [0.2, 0.25) is 0 Å². The van der Waals surface area contributed by atoms with E-state index in [4.69, 9.17) is 9.84 Å². The molecule has 0 aromatic heterocycles. The summed E-state index contributed by atoms with van der Waals surface area (Å²) in [6.07, 6.45) is 2.82. The van der Waals surface area contributed by atoms with E-state index in [-0.39, 0.29) is 12.1 Å². The van der Waals surface area contributed by atoms with Crippen LogP contribution < -0.4 is 10.6 Å². The summed E-state index contributed by atoms with van der Waals surface area (Å²) in [7, 11) is 0. The molecule has 1 rings (SSSR count). The second-order valence-corrected chi connectivity index (χ2v) is 4.70. The predicted octanol–water partition coefficient (Wildman–Crippen LogP) is 1.11. The number of ether oxygens (including phenoxy) is 1. The van der Waals surface area contributed by atoms with E-state index in [1.54, 1.807) is 0 Å². The van der Waals surface area contributed by atoms with Gasteiger partial charge in [0.15, 0.2) is 0 Å². The molecule has 104 valence electrons. The maximum atomic E-state index is 11.7. The van der Waals surface area contributed by atoms with Crippen molar-refractivity contribution in [2.45, 2.75) is 57.7 Å². The summed E-state index contributed by atoms with van der Waals surface area (Å²) in [5.74, 6) is -0.993. The Morgan fingerprint density at radius 1 is 1.50 bits per heavy atom. The fraction of sp³-hybridized carbons (Fsp3) is 0.833. The predicted molar refractivity (Wildman–Crippen MR) is 66.4 cm³/mol. The molecular formula is C12H22N2O4. The Bertz CT molecular complexity index is 296. The number of carbonyl (C=O) groups excluding carboxylic acids is 1. The number of carboxylic acids is 1. The Morgan fingerprint density at radius 3 is 2.78 bits per heavy atom. The molecule has 0 aliphatic carbocycles. The molecule has 0 aromatic rings. The van der Waals surface area contributed by atoms with E-state index in [0.717, 1.165) is 12.8 Å². The molecule has 1 aliphatic rings. The van der Waals surface area contributed by atoms with Gasteiger partial charge in [0, 0.05) is 12.6 Å². The summed E-state index contributed by atoms with van der Waals surface area (Å²) in [5, 5.41) is 14.2. The molecular weight excluding hydrogens is 236 g/mol. The number of aliphatic carboxylic acids is 1. The second kappa shape index (κ2) is 7.20. The molecule has 6 heteroatoms. The van der Waals surface area contributed by atoms with Gasteiger partial charge in [0.05, 0.1) is 6.10 Å². The van der Waals surface area contributed by atoms with E-state index in [1.165, 1.54) is 0 Å². The van der Waals surface area contributed by atoms with Crippen molar-refractivity contribution >= 4 is 12.0 Å². The molecule has 3 N–H and O–H groups in total. The highest BCUT2D eigenvalue weighted by Gasteiger charge is 2.23.